The summed E-state index contributed by atoms with van der Waals surface area (Å²) in [5, 5.41) is 13.8. The second kappa shape index (κ2) is 6.11. The molecule has 1 N–H and O–H groups in total. The van der Waals surface area contributed by atoms with E-state index in [-0.39, 0.29) is 24.9 Å². The van der Waals surface area contributed by atoms with Gasteiger partial charge in [0.2, 0.25) is 5.91 Å². The van der Waals surface area contributed by atoms with Crippen LogP contribution in [0.5, 0.6) is 0 Å². The highest BCUT2D eigenvalue weighted by Crippen LogP contribution is 2.37. The van der Waals surface area contributed by atoms with Crippen LogP contribution >= 0.6 is 0 Å². The van der Waals surface area contributed by atoms with E-state index in [1.165, 1.54) is 0 Å². The molecule has 0 aliphatic carbocycles. The second-order valence-electron chi connectivity index (χ2n) is 6.38. The first kappa shape index (κ1) is 16.2. The molecule has 2 atom stereocenters. The van der Waals surface area contributed by atoms with Gasteiger partial charge in [0.05, 0.1) is 11.7 Å². The Bertz CT molecular complexity index is 797. The zero-order valence-corrected chi connectivity index (χ0v) is 14.1. The number of aromatic nitrogens is 2. The normalized spacial score (nSPS) is 17.6. The Hall–Kier alpha value is -2.63. The summed E-state index contributed by atoms with van der Waals surface area (Å²) in [4.78, 5) is 25.8. The molecule has 0 spiro atoms. The van der Waals surface area contributed by atoms with Gasteiger partial charge >= 0.3 is 5.97 Å². The van der Waals surface area contributed by atoms with E-state index < -0.39 is 11.9 Å². The molecule has 126 valence electrons. The number of hydrogen-bond donors (Lipinski definition) is 1. The van der Waals surface area contributed by atoms with Crippen molar-refractivity contribution >= 4 is 17.6 Å². The van der Waals surface area contributed by atoms with Gasteiger partial charge in [-0.1, -0.05) is 18.2 Å². The highest BCUT2D eigenvalue weighted by atomic mass is 16.4. The number of nitrogens with zero attached hydrogens (tertiary/aromatic N) is 3. The Balaban J connectivity index is 1.81. The van der Waals surface area contributed by atoms with Crippen molar-refractivity contribution in [1.82, 2.24) is 9.78 Å². The second-order valence-corrected chi connectivity index (χ2v) is 6.38. The fourth-order valence-electron chi connectivity index (χ4n) is 3.40. The minimum Gasteiger partial charge on any atom is -0.481 e. The quantitative estimate of drug-likeness (QED) is 0.937. The molecule has 0 saturated heterocycles. The number of carbonyl (C=O) groups excluding carboxylic acids is 1. The third-order valence-corrected chi connectivity index (χ3v) is 4.50. The third-order valence-electron chi connectivity index (χ3n) is 4.50. The van der Waals surface area contributed by atoms with Gasteiger partial charge in [-0.15, -0.1) is 0 Å². The SMILES string of the molecule is Cc1cc(C)n([C@@H](C)CC(=O)N2C[C@@H](C(=O)O)c3ccccc32)n1. The number of anilines is 1. The van der Waals surface area contributed by atoms with Crippen molar-refractivity contribution in [2.45, 2.75) is 39.2 Å². The molecule has 1 aliphatic rings. The number of carbonyl (C=O) groups is 2. The first-order valence-electron chi connectivity index (χ1n) is 8.03. The zero-order valence-electron chi connectivity index (χ0n) is 14.1. The van der Waals surface area contributed by atoms with Gasteiger partial charge in [-0.2, -0.15) is 5.10 Å². The Morgan fingerprint density at radius 2 is 2.04 bits per heavy atom. The lowest BCUT2D eigenvalue weighted by atomic mass is 10.0. The predicted octanol–water partition coefficient (Wildman–Crippen LogP) is 2.67. The van der Waals surface area contributed by atoms with E-state index in [4.69, 9.17) is 0 Å². The molecule has 3 rings (SSSR count). The maximum atomic E-state index is 12.8. The van der Waals surface area contributed by atoms with E-state index in [0.717, 1.165) is 11.4 Å². The van der Waals surface area contributed by atoms with Crippen LogP contribution in [0.15, 0.2) is 30.3 Å². The van der Waals surface area contributed by atoms with Crippen LogP contribution in [-0.2, 0) is 9.59 Å². The number of aryl methyl sites for hydroxylation is 2. The van der Waals surface area contributed by atoms with Crippen LogP contribution in [0.3, 0.4) is 0 Å². The van der Waals surface area contributed by atoms with Crippen LogP contribution in [0.1, 0.15) is 42.3 Å². The summed E-state index contributed by atoms with van der Waals surface area (Å²) in [5.41, 5.74) is 3.34. The summed E-state index contributed by atoms with van der Waals surface area (Å²) >= 11 is 0. The van der Waals surface area contributed by atoms with Gasteiger partial charge in [0.25, 0.3) is 0 Å². The van der Waals surface area contributed by atoms with Crippen LogP contribution in [0.25, 0.3) is 0 Å². The van der Waals surface area contributed by atoms with E-state index in [0.29, 0.717) is 11.3 Å². The standard InChI is InChI=1S/C18H21N3O3/c1-11-8-12(2)21(19-11)13(3)9-17(22)20-10-15(18(23)24)14-6-4-5-7-16(14)20/h4-8,13,15H,9-10H2,1-3H3,(H,23,24)/t13-,15+/m0/s1. The van der Waals surface area contributed by atoms with Crippen LogP contribution in [-0.4, -0.2) is 33.3 Å². The van der Waals surface area contributed by atoms with Gasteiger partial charge in [-0.25, -0.2) is 0 Å². The highest BCUT2D eigenvalue weighted by molar-refractivity contribution is 5.99. The van der Waals surface area contributed by atoms with Crippen LogP contribution in [0.4, 0.5) is 5.69 Å². The Labute approximate surface area is 140 Å². The number of carboxylic acids is 1. The van der Waals surface area contributed by atoms with E-state index in [2.05, 4.69) is 5.10 Å². The number of benzene rings is 1. The van der Waals surface area contributed by atoms with Crippen LogP contribution in [0.2, 0.25) is 0 Å². The lowest BCUT2D eigenvalue weighted by molar-refractivity contribution is -0.138. The molecule has 24 heavy (non-hydrogen) atoms. The van der Waals surface area contributed by atoms with E-state index >= 15 is 0 Å². The first-order chi connectivity index (χ1) is 11.4. The summed E-state index contributed by atoms with van der Waals surface area (Å²) in [7, 11) is 0. The molecule has 0 unspecified atom stereocenters. The van der Waals surface area contributed by atoms with Gasteiger partial charge in [0, 0.05) is 24.3 Å². The molecule has 0 saturated carbocycles. The summed E-state index contributed by atoms with van der Waals surface area (Å²) in [6, 6.07) is 9.12. The van der Waals surface area contributed by atoms with Crippen LogP contribution < -0.4 is 4.90 Å². The summed E-state index contributed by atoms with van der Waals surface area (Å²) < 4.78 is 1.85. The average Bonchev–Trinajstić information content (AvgIpc) is 3.07. The molecule has 6 heteroatoms. The number of aliphatic carboxylic acids is 1. The Morgan fingerprint density at radius 3 is 2.67 bits per heavy atom. The van der Waals surface area contributed by atoms with Gasteiger partial charge in [0.1, 0.15) is 5.92 Å². The number of fused-ring (bicyclic) bond motifs is 1. The molecule has 1 aromatic carbocycles. The predicted molar refractivity (Wildman–Crippen MR) is 90.2 cm³/mol. The lowest BCUT2D eigenvalue weighted by Crippen LogP contribution is -2.32. The number of rotatable bonds is 4. The molecule has 0 fully saturated rings. The van der Waals surface area contributed by atoms with Crippen molar-refractivity contribution in [2.75, 3.05) is 11.4 Å². The zero-order chi connectivity index (χ0) is 17.4. The average molecular weight is 327 g/mol. The van der Waals surface area contributed by atoms with Gasteiger partial charge in [-0.3, -0.25) is 14.3 Å². The summed E-state index contributed by atoms with van der Waals surface area (Å²) in [6.45, 7) is 6.03. The van der Waals surface area contributed by atoms with Crippen molar-refractivity contribution in [2.24, 2.45) is 0 Å². The molecule has 2 heterocycles. The fraction of sp³-hybridized carbons (Fsp3) is 0.389. The molecule has 0 bridgehead atoms. The Kier molecular flexibility index (Phi) is 4.13. The van der Waals surface area contributed by atoms with Crippen molar-refractivity contribution in [3.05, 3.63) is 47.3 Å². The smallest absolute Gasteiger partial charge is 0.312 e. The number of hydrogen-bond acceptors (Lipinski definition) is 3. The fourth-order valence-corrected chi connectivity index (χ4v) is 3.40. The molecule has 1 aromatic heterocycles. The number of carboxylic acid groups (broad SMARTS) is 1. The maximum Gasteiger partial charge on any atom is 0.312 e. The van der Waals surface area contributed by atoms with E-state index in [1.807, 2.05) is 43.7 Å². The van der Waals surface area contributed by atoms with Crippen molar-refractivity contribution < 1.29 is 14.7 Å². The van der Waals surface area contributed by atoms with Gasteiger partial charge in [-0.05, 0) is 38.5 Å². The molecule has 1 amide bonds. The monoisotopic (exact) mass is 327 g/mol. The number of amides is 1. The highest BCUT2D eigenvalue weighted by Gasteiger charge is 2.36. The van der Waals surface area contributed by atoms with Crippen molar-refractivity contribution in [3.8, 4) is 0 Å². The van der Waals surface area contributed by atoms with Crippen LogP contribution in [0, 0.1) is 13.8 Å². The topological polar surface area (TPSA) is 75.4 Å². The summed E-state index contributed by atoms with van der Waals surface area (Å²) in [5.74, 6) is -1.63. The Morgan fingerprint density at radius 1 is 1.33 bits per heavy atom. The molecule has 6 nitrogen and oxygen atoms in total. The molecule has 1 aliphatic heterocycles. The van der Waals surface area contributed by atoms with Gasteiger partial charge in [0.15, 0.2) is 0 Å². The molecular weight excluding hydrogens is 306 g/mol. The number of para-hydroxylation sites is 1. The van der Waals surface area contributed by atoms with E-state index in [1.54, 1.807) is 17.0 Å². The lowest BCUT2D eigenvalue weighted by Gasteiger charge is -2.21. The third kappa shape index (κ3) is 2.79. The first-order valence-corrected chi connectivity index (χ1v) is 8.03. The largest absolute Gasteiger partial charge is 0.481 e. The van der Waals surface area contributed by atoms with Gasteiger partial charge < -0.3 is 10.0 Å². The molecular formula is C18H21N3O3. The minimum atomic E-state index is -0.899. The van der Waals surface area contributed by atoms with E-state index in [9.17, 15) is 14.7 Å². The van der Waals surface area contributed by atoms with Crippen molar-refractivity contribution in [1.29, 1.82) is 0 Å². The molecule has 0 radical (unpaired) electrons. The van der Waals surface area contributed by atoms with Crippen molar-refractivity contribution in [3.63, 3.8) is 0 Å². The maximum absolute atomic E-state index is 12.8. The summed E-state index contributed by atoms with van der Waals surface area (Å²) in [6.07, 6.45) is 0.280. The minimum absolute atomic E-state index is 0.0775. The molecule has 2 aromatic rings.